The zero-order valence-corrected chi connectivity index (χ0v) is 33.5. The Kier molecular flexibility index (Phi) is 15.6. The SMILES string of the molecule is CC(C)c1cc(C(c2ccc(Br)cc2)c2cc(C(C)C)c(N=Cc3ccccn3)c(C(C)C)c2)cc(C(C)C)c1N=Cc1ccccn1.[Cu].[Cu]. The molecule has 50 heavy (non-hydrogen) atoms. The summed E-state index contributed by atoms with van der Waals surface area (Å²) in [5.41, 5.74) is 12.6. The molecule has 0 aliphatic rings. The minimum atomic E-state index is 0. The zero-order chi connectivity index (χ0) is 34.4. The number of benzene rings is 3. The van der Waals surface area contributed by atoms with Crippen LogP contribution in [-0.2, 0) is 34.1 Å². The molecule has 4 nitrogen and oxygen atoms in total. The number of hydrogen-bond acceptors (Lipinski definition) is 4. The summed E-state index contributed by atoms with van der Waals surface area (Å²) < 4.78 is 1.07. The molecule has 0 saturated carbocycles. The summed E-state index contributed by atoms with van der Waals surface area (Å²) in [7, 11) is 0. The standard InChI is InChI=1S/C43H47BrN4.2Cu/c1-27(2)37-21-32(22-38(28(3)4)42(37)47-25-35-13-9-11-19-45-35)41(31-15-17-34(44)18-16-31)33-23-39(29(5)6)43(40(24-33)30(7)8)48-26-36-14-10-12-20-46-36;;/h9-30,41H,1-8H3;;. The number of pyridine rings is 2. The van der Waals surface area contributed by atoms with Crippen LogP contribution in [0, 0.1) is 0 Å². The molecule has 0 amide bonds. The summed E-state index contributed by atoms with van der Waals surface area (Å²) >= 11 is 3.68. The monoisotopic (exact) mass is 824 g/mol. The van der Waals surface area contributed by atoms with Gasteiger partial charge >= 0.3 is 0 Å². The fourth-order valence-electron chi connectivity index (χ4n) is 6.20. The van der Waals surface area contributed by atoms with Crippen molar-refractivity contribution in [2.45, 2.75) is 85.0 Å². The Morgan fingerprint density at radius 2 is 0.860 bits per heavy atom. The Bertz CT molecular complexity index is 1710. The molecule has 7 heteroatoms. The maximum Gasteiger partial charge on any atom is 0.0812 e. The van der Waals surface area contributed by atoms with Gasteiger partial charge in [0.2, 0.25) is 0 Å². The van der Waals surface area contributed by atoms with Crippen LogP contribution in [0.25, 0.3) is 0 Å². The van der Waals surface area contributed by atoms with Crippen LogP contribution in [0.1, 0.15) is 135 Å². The van der Waals surface area contributed by atoms with Crippen LogP contribution in [0.2, 0.25) is 0 Å². The average Bonchev–Trinajstić information content (AvgIpc) is 3.07. The number of rotatable bonds is 11. The molecule has 0 aliphatic heterocycles. The van der Waals surface area contributed by atoms with Crippen molar-refractivity contribution < 1.29 is 34.1 Å². The van der Waals surface area contributed by atoms with Crippen molar-refractivity contribution in [3.05, 3.63) is 152 Å². The number of hydrogen-bond donors (Lipinski definition) is 0. The van der Waals surface area contributed by atoms with Gasteiger partial charge in [0.15, 0.2) is 0 Å². The van der Waals surface area contributed by atoms with E-state index in [2.05, 4.69) is 130 Å². The summed E-state index contributed by atoms with van der Waals surface area (Å²) in [6.07, 6.45) is 7.41. The number of nitrogens with zero attached hydrogens (tertiary/aromatic N) is 4. The van der Waals surface area contributed by atoms with Crippen molar-refractivity contribution in [3.63, 3.8) is 0 Å². The fraction of sp³-hybridized carbons (Fsp3) is 0.302. The second-order valence-corrected chi connectivity index (χ2v) is 14.6. The van der Waals surface area contributed by atoms with Crippen LogP contribution in [0.4, 0.5) is 11.4 Å². The Morgan fingerprint density at radius 1 is 0.500 bits per heavy atom. The van der Waals surface area contributed by atoms with E-state index in [-0.39, 0.29) is 63.7 Å². The van der Waals surface area contributed by atoms with Gasteiger partial charge in [0.1, 0.15) is 0 Å². The molecule has 0 N–H and O–H groups in total. The van der Waals surface area contributed by atoms with E-state index in [4.69, 9.17) is 9.98 Å². The molecule has 0 aliphatic carbocycles. The first-order valence-corrected chi connectivity index (χ1v) is 17.8. The van der Waals surface area contributed by atoms with Crippen molar-refractivity contribution in [3.8, 4) is 0 Å². The second kappa shape index (κ2) is 18.9. The minimum Gasteiger partial charge on any atom is -0.255 e. The van der Waals surface area contributed by atoms with Crippen molar-refractivity contribution in [2.24, 2.45) is 9.98 Å². The predicted octanol–water partition coefficient (Wildman–Crippen LogP) is 12.4. The topological polar surface area (TPSA) is 50.5 Å². The Morgan fingerprint density at radius 3 is 1.16 bits per heavy atom. The summed E-state index contributed by atoms with van der Waals surface area (Å²) in [4.78, 5) is 19.2. The molecule has 5 rings (SSSR count). The van der Waals surface area contributed by atoms with Crippen LogP contribution in [-0.4, -0.2) is 22.4 Å². The summed E-state index contributed by atoms with van der Waals surface area (Å²) in [6, 6.07) is 30.2. The maximum absolute atomic E-state index is 5.09. The molecule has 2 radical (unpaired) electrons. The van der Waals surface area contributed by atoms with Gasteiger partial charge in [-0.2, -0.15) is 0 Å². The van der Waals surface area contributed by atoms with Gasteiger partial charge in [0.05, 0.1) is 35.2 Å². The molecular weight excluding hydrogens is 779 g/mol. The zero-order valence-electron chi connectivity index (χ0n) is 30.0. The first kappa shape index (κ1) is 41.2. The smallest absolute Gasteiger partial charge is 0.0812 e. The molecule has 2 heterocycles. The van der Waals surface area contributed by atoms with Crippen molar-refractivity contribution in [2.75, 3.05) is 0 Å². The third-order valence-electron chi connectivity index (χ3n) is 8.77. The summed E-state index contributed by atoms with van der Waals surface area (Å²) in [5.74, 6) is 1.15. The van der Waals surface area contributed by atoms with E-state index in [1.807, 2.05) is 61.2 Å². The van der Waals surface area contributed by atoms with E-state index in [0.717, 1.165) is 27.2 Å². The van der Waals surface area contributed by atoms with E-state index in [9.17, 15) is 0 Å². The van der Waals surface area contributed by atoms with Crippen molar-refractivity contribution in [1.82, 2.24) is 9.97 Å². The normalized spacial score (nSPS) is 12.3. The first-order valence-electron chi connectivity index (χ1n) is 17.0. The van der Waals surface area contributed by atoms with Gasteiger partial charge in [-0.3, -0.25) is 20.0 Å². The molecule has 0 bridgehead atoms. The quantitative estimate of drug-likeness (QED) is 0.0757. The Labute approximate surface area is 328 Å². The molecule has 5 aromatic rings. The number of halogens is 1. The first-order chi connectivity index (χ1) is 23.0. The van der Waals surface area contributed by atoms with Crippen LogP contribution < -0.4 is 0 Å². The summed E-state index contributed by atoms with van der Waals surface area (Å²) in [6.45, 7) is 18.1. The largest absolute Gasteiger partial charge is 0.255 e. The van der Waals surface area contributed by atoms with Gasteiger partial charge in [0, 0.05) is 56.9 Å². The molecule has 0 atom stereocenters. The number of aliphatic imine (C=N–C) groups is 2. The summed E-state index contributed by atoms with van der Waals surface area (Å²) in [5, 5.41) is 0. The van der Waals surface area contributed by atoms with E-state index in [0.29, 0.717) is 0 Å². The third kappa shape index (κ3) is 9.99. The molecule has 3 aromatic carbocycles. The van der Waals surface area contributed by atoms with Crippen LogP contribution >= 0.6 is 15.9 Å². The number of aromatic nitrogens is 2. The maximum atomic E-state index is 5.09. The van der Waals surface area contributed by atoms with Gasteiger partial charge in [-0.05, 0) is 99.0 Å². The average molecular weight is 827 g/mol. The minimum absolute atomic E-state index is 0. The molecule has 2 aromatic heterocycles. The Hall–Kier alpha value is -3.18. The van der Waals surface area contributed by atoms with Gasteiger partial charge in [-0.1, -0.05) is 120 Å². The van der Waals surface area contributed by atoms with Gasteiger partial charge in [0.25, 0.3) is 0 Å². The van der Waals surface area contributed by atoms with Crippen LogP contribution in [0.5, 0.6) is 0 Å². The van der Waals surface area contributed by atoms with Gasteiger partial charge in [-0.15, -0.1) is 0 Å². The van der Waals surface area contributed by atoms with Crippen molar-refractivity contribution in [1.29, 1.82) is 0 Å². The van der Waals surface area contributed by atoms with E-state index >= 15 is 0 Å². The fourth-order valence-corrected chi connectivity index (χ4v) is 6.46. The van der Waals surface area contributed by atoms with E-state index < -0.39 is 0 Å². The molecular formula is C43H47BrCu2N4. The third-order valence-corrected chi connectivity index (χ3v) is 9.30. The van der Waals surface area contributed by atoms with E-state index in [1.165, 1.54) is 38.9 Å². The molecule has 0 fully saturated rings. The molecule has 0 spiro atoms. The van der Waals surface area contributed by atoms with Gasteiger partial charge in [-0.25, -0.2) is 0 Å². The Balaban J connectivity index is 0.00000338. The predicted molar refractivity (Wildman–Crippen MR) is 207 cm³/mol. The molecule has 0 unspecified atom stereocenters. The molecule has 268 valence electrons. The second-order valence-electron chi connectivity index (χ2n) is 13.7. The van der Waals surface area contributed by atoms with Crippen molar-refractivity contribution >= 4 is 39.7 Å². The van der Waals surface area contributed by atoms with Crippen LogP contribution in [0.15, 0.2) is 112 Å². The molecule has 0 saturated heterocycles. The van der Waals surface area contributed by atoms with Crippen LogP contribution in [0.3, 0.4) is 0 Å². The van der Waals surface area contributed by atoms with Gasteiger partial charge < -0.3 is 0 Å². The van der Waals surface area contributed by atoms with E-state index in [1.54, 1.807) is 0 Å².